The van der Waals surface area contributed by atoms with Crippen molar-refractivity contribution in [1.29, 1.82) is 0 Å². The summed E-state index contributed by atoms with van der Waals surface area (Å²) in [5, 5.41) is 0. The Labute approximate surface area is 119 Å². The molecule has 2 aromatic rings. The van der Waals surface area contributed by atoms with Gasteiger partial charge in [0, 0.05) is 38.4 Å². The average molecular weight is 270 g/mol. The van der Waals surface area contributed by atoms with Gasteiger partial charge in [-0.2, -0.15) is 0 Å². The Morgan fingerprint density at radius 3 is 2.75 bits per heavy atom. The topological polar surface area (TPSA) is 35.6 Å². The molecule has 4 heteroatoms. The summed E-state index contributed by atoms with van der Waals surface area (Å²) in [6.45, 7) is 1.11. The zero-order valence-electron chi connectivity index (χ0n) is 12.1. The van der Waals surface area contributed by atoms with Crippen molar-refractivity contribution in [2.45, 2.75) is 38.6 Å². The maximum absolute atomic E-state index is 4.53. The zero-order chi connectivity index (χ0) is 13.5. The monoisotopic (exact) mass is 270 g/mol. The lowest BCUT2D eigenvalue weighted by Gasteiger charge is -2.20. The Kier molecular flexibility index (Phi) is 2.90. The molecule has 2 aromatic heterocycles. The molecule has 2 fully saturated rings. The summed E-state index contributed by atoms with van der Waals surface area (Å²) in [6, 6.07) is 0. The van der Waals surface area contributed by atoms with Crippen molar-refractivity contribution in [3.8, 4) is 11.6 Å². The van der Waals surface area contributed by atoms with Crippen molar-refractivity contribution in [2.75, 3.05) is 0 Å². The van der Waals surface area contributed by atoms with Crippen molar-refractivity contribution < 1.29 is 0 Å². The largest absolute Gasteiger partial charge is 0.331 e. The van der Waals surface area contributed by atoms with Gasteiger partial charge in [-0.25, -0.2) is 9.97 Å². The number of nitrogens with zero attached hydrogens (tertiary/aromatic N) is 4. The summed E-state index contributed by atoms with van der Waals surface area (Å²) < 4.78 is 4.36. The van der Waals surface area contributed by atoms with Crippen LogP contribution in [0, 0.1) is 17.8 Å². The minimum atomic E-state index is 0.843. The van der Waals surface area contributed by atoms with Gasteiger partial charge >= 0.3 is 0 Å². The van der Waals surface area contributed by atoms with E-state index in [4.69, 9.17) is 0 Å². The molecule has 0 bridgehead atoms. The highest BCUT2D eigenvalue weighted by molar-refractivity contribution is 5.44. The molecule has 0 radical (unpaired) electrons. The molecular formula is C16H22N4. The van der Waals surface area contributed by atoms with Crippen molar-refractivity contribution in [1.82, 2.24) is 19.1 Å². The third kappa shape index (κ3) is 1.89. The van der Waals surface area contributed by atoms with Crippen molar-refractivity contribution >= 4 is 0 Å². The van der Waals surface area contributed by atoms with Crippen LogP contribution in [0.1, 0.15) is 32.1 Å². The van der Waals surface area contributed by atoms with Crippen LogP contribution in [0.15, 0.2) is 24.8 Å². The van der Waals surface area contributed by atoms with Crippen LogP contribution < -0.4 is 0 Å². The molecular weight excluding hydrogens is 248 g/mol. The van der Waals surface area contributed by atoms with E-state index < -0.39 is 0 Å². The van der Waals surface area contributed by atoms with E-state index in [9.17, 15) is 0 Å². The Bertz CT molecular complexity index is 597. The van der Waals surface area contributed by atoms with Crippen molar-refractivity contribution in [3.05, 3.63) is 24.8 Å². The molecule has 4 rings (SSSR count). The standard InChI is InChI=1S/C16H22N4/c1-19-9-7-17-15(19)16-18-8-10-20(16)11-13-6-5-12-3-2-4-14(12)13/h7-10,12-14H,2-6,11H2,1H3/t12-,13+,14-/m1/s1. The summed E-state index contributed by atoms with van der Waals surface area (Å²) in [7, 11) is 2.03. The van der Waals surface area contributed by atoms with Gasteiger partial charge in [0.05, 0.1) is 0 Å². The predicted octanol–water partition coefficient (Wildman–Crippen LogP) is 3.11. The van der Waals surface area contributed by atoms with E-state index in [1.807, 2.05) is 30.2 Å². The normalized spacial score (nSPS) is 28.9. The minimum absolute atomic E-state index is 0.843. The molecule has 3 atom stereocenters. The molecule has 2 aliphatic rings. The van der Waals surface area contributed by atoms with E-state index in [1.165, 1.54) is 32.1 Å². The molecule has 0 aliphatic heterocycles. The fraction of sp³-hybridized carbons (Fsp3) is 0.625. The predicted molar refractivity (Wildman–Crippen MR) is 78.0 cm³/mol. The molecule has 20 heavy (non-hydrogen) atoms. The summed E-state index contributed by atoms with van der Waals surface area (Å²) in [4.78, 5) is 8.97. The molecule has 0 unspecified atom stereocenters. The number of aryl methyl sites for hydroxylation is 1. The number of imidazole rings is 2. The number of hydrogen-bond donors (Lipinski definition) is 0. The summed E-state index contributed by atoms with van der Waals surface area (Å²) in [5.74, 6) is 4.80. The van der Waals surface area contributed by atoms with Gasteiger partial charge in [-0.1, -0.05) is 12.8 Å². The summed E-state index contributed by atoms with van der Waals surface area (Å²) >= 11 is 0. The highest BCUT2D eigenvalue weighted by Crippen LogP contribution is 2.48. The number of hydrogen-bond acceptors (Lipinski definition) is 2. The molecule has 106 valence electrons. The second-order valence-corrected chi connectivity index (χ2v) is 6.46. The Morgan fingerprint density at radius 2 is 1.90 bits per heavy atom. The maximum Gasteiger partial charge on any atom is 0.176 e. The Balaban J connectivity index is 1.58. The lowest BCUT2D eigenvalue weighted by molar-refractivity contribution is 0.317. The van der Waals surface area contributed by atoms with Gasteiger partial charge in [-0.15, -0.1) is 0 Å². The SMILES string of the molecule is Cn1ccnc1-c1nccn1C[C@@H]1CC[C@H]2CCC[C@H]21. The summed E-state index contributed by atoms with van der Waals surface area (Å²) in [5.41, 5.74) is 0. The first-order valence-electron chi connectivity index (χ1n) is 7.82. The van der Waals surface area contributed by atoms with Gasteiger partial charge in [-0.05, 0) is 37.0 Å². The van der Waals surface area contributed by atoms with Crippen LogP contribution in [-0.4, -0.2) is 19.1 Å². The third-order valence-corrected chi connectivity index (χ3v) is 5.40. The zero-order valence-corrected chi connectivity index (χ0v) is 12.1. The highest BCUT2D eigenvalue weighted by Gasteiger charge is 2.39. The van der Waals surface area contributed by atoms with E-state index in [-0.39, 0.29) is 0 Å². The molecule has 4 nitrogen and oxygen atoms in total. The van der Waals surface area contributed by atoms with E-state index in [0.29, 0.717) is 0 Å². The molecule has 2 saturated carbocycles. The van der Waals surface area contributed by atoms with E-state index in [2.05, 4.69) is 20.7 Å². The van der Waals surface area contributed by atoms with Crippen LogP contribution in [0.25, 0.3) is 11.6 Å². The van der Waals surface area contributed by atoms with Crippen LogP contribution in [0.4, 0.5) is 0 Å². The smallest absolute Gasteiger partial charge is 0.176 e. The molecule has 0 amide bonds. The molecule has 0 saturated heterocycles. The van der Waals surface area contributed by atoms with Crippen LogP contribution in [-0.2, 0) is 13.6 Å². The molecule has 2 aliphatic carbocycles. The number of rotatable bonds is 3. The lowest BCUT2D eigenvalue weighted by Crippen LogP contribution is -2.17. The second kappa shape index (κ2) is 4.76. The van der Waals surface area contributed by atoms with Crippen molar-refractivity contribution in [3.63, 3.8) is 0 Å². The van der Waals surface area contributed by atoms with Crippen molar-refractivity contribution in [2.24, 2.45) is 24.8 Å². The van der Waals surface area contributed by atoms with Gasteiger partial charge in [-0.3, -0.25) is 0 Å². The highest BCUT2D eigenvalue weighted by atomic mass is 15.1. The van der Waals surface area contributed by atoms with Crippen LogP contribution in [0.5, 0.6) is 0 Å². The first-order valence-corrected chi connectivity index (χ1v) is 7.82. The molecule has 0 N–H and O–H groups in total. The first kappa shape index (κ1) is 12.2. The minimum Gasteiger partial charge on any atom is -0.331 e. The van der Waals surface area contributed by atoms with Crippen LogP contribution in [0.3, 0.4) is 0 Å². The maximum atomic E-state index is 4.53. The van der Waals surface area contributed by atoms with E-state index >= 15 is 0 Å². The van der Waals surface area contributed by atoms with Crippen LogP contribution >= 0.6 is 0 Å². The summed E-state index contributed by atoms with van der Waals surface area (Å²) in [6.07, 6.45) is 15.1. The van der Waals surface area contributed by atoms with Gasteiger partial charge in [0.2, 0.25) is 0 Å². The molecule has 2 heterocycles. The fourth-order valence-corrected chi connectivity index (χ4v) is 4.41. The number of fused-ring (bicyclic) bond motifs is 1. The Hall–Kier alpha value is -1.58. The third-order valence-electron chi connectivity index (χ3n) is 5.40. The van der Waals surface area contributed by atoms with Gasteiger partial charge < -0.3 is 9.13 Å². The fourth-order valence-electron chi connectivity index (χ4n) is 4.41. The van der Waals surface area contributed by atoms with Crippen LogP contribution in [0.2, 0.25) is 0 Å². The van der Waals surface area contributed by atoms with E-state index in [1.54, 1.807) is 0 Å². The number of aromatic nitrogens is 4. The van der Waals surface area contributed by atoms with Gasteiger partial charge in [0.1, 0.15) is 0 Å². The van der Waals surface area contributed by atoms with Gasteiger partial charge in [0.25, 0.3) is 0 Å². The Morgan fingerprint density at radius 1 is 1.05 bits per heavy atom. The van der Waals surface area contributed by atoms with E-state index in [0.717, 1.165) is 35.9 Å². The lowest BCUT2D eigenvalue weighted by atomic mass is 9.92. The first-order chi connectivity index (χ1) is 9.83. The van der Waals surface area contributed by atoms with Gasteiger partial charge in [0.15, 0.2) is 11.6 Å². The second-order valence-electron chi connectivity index (χ2n) is 6.46. The quantitative estimate of drug-likeness (QED) is 0.859. The average Bonchev–Trinajstić information content (AvgIpc) is 3.16. The molecule has 0 aromatic carbocycles. The molecule has 0 spiro atoms.